The third-order valence-electron chi connectivity index (χ3n) is 1.98. The van der Waals surface area contributed by atoms with E-state index in [9.17, 15) is 0 Å². The molecule has 0 atom stereocenters. The van der Waals surface area contributed by atoms with Crippen molar-refractivity contribution in [1.29, 1.82) is 0 Å². The van der Waals surface area contributed by atoms with E-state index in [0.29, 0.717) is 0 Å². The van der Waals surface area contributed by atoms with Gasteiger partial charge >= 0.3 is 0 Å². The summed E-state index contributed by atoms with van der Waals surface area (Å²) >= 11 is 0. The molecule has 1 radical (unpaired) electrons. The van der Waals surface area contributed by atoms with E-state index in [-0.39, 0.29) is 35.6 Å². The minimum atomic E-state index is 0. The van der Waals surface area contributed by atoms with Gasteiger partial charge in [0.2, 0.25) is 0 Å². The number of rotatable bonds is 0. The van der Waals surface area contributed by atoms with Crippen molar-refractivity contribution in [3.8, 4) is 0 Å². The third kappa shape index (κ3) is 5.20. The van der Waals surface area contributed by atoms with Crippen molar-refractivity contribution < 1.29 is 35.6 Å². The molecule has 0 fully saturated rings. The van der Waals surface area contributed by atoms with Gasteiger partial charge in [0, 0.05) is 35.6 Å². The summed E-state index contributed by atoms with van der Waals surface area (Å²) in [6.07, 6.45) is 6.57. The molecule has 0 aromatic carbocycles. The predicted molar refractivity (Wildman–Crippen MR) is 56.6 cm³/mol. The molecule has 0 saturated carbocycles. The maximum Gasteiger partial charge on any atom is 0 e. The van der Waals surface area contributed by atoms with E-state index in [1.165, 1.54) is 5.56 Å². The summed E-state index contributed by atoms with van der Waals surface area (Å²) < 4.78 is 0. The first kappa shape index (κ1) is 15.2. The van der Waals surface area contributed by atoms with E-state index in [4.69, 9.17) is 0 Å². The normalized spacial score (nSPS) is 14.3. The summed E-state index contributed by atoms with van der Waals surface area (Å²) in [5.74, 6) is 0. The maximum absolute atomic E-state index is 4.19. The van der Waals surface area contributed by atoms with Crippen molar-refractivity contribution >= 4 is 0 Å². The van der Waals surface area contributed by atoms with Gasteiger partial charge in [0.1, 0.15) is 0 Å². The Bertz CT molecular complexity index is 278. The van der Waals surface area contributed by atoms with Crippen LogP contribution in [0.25, 0.3) is 0 Å². The molecule has 2 heterocycles. The van der Waals surface area contributed by atoms with E-state index in [0.717, 1.165) is 31.6 Å². The molecule has 0 amide bonds. The summed E-state index contributed by atoms with van der Waals surface area (Å²) in [6.45, 7) is 7.53. The SMILES string of the molecule is CN1CCc2[c-]ncnc2C1.[CH2-]CC.[La]. The van der Waals surface area contributed by atoms with Crippen LogP contribution in [0, 0.1) is 48.7 Å². The number of hydrogen-bond donors (Lipinski definition) is 0. The van der Waals surface area contributed by atoms with Gasteiger partial charge in [-0.25, -0.2) is 0 Å². The van der Waals surface area contributed by atoms with Gasteiger partial charge in [0.05, 0.1) is 0 Å². The van der Waals surface area contributed by atoms with Crippen molar-refractivity contribution in [3.63, 3.8) is 0 Å². The Kier molecular flexibility index (Phi) is 8.53. The van der Waals surface area contributed by atoms with E-state index < -0.39 is 0 Å². The van der Waals surface area contributed by atoms with Crippen LogP contribution < -0.4 is 0 Å². The summed E-state index contributed by atoms with van der Waals surface area (Å²) in [6, 6.07) is 0. The van der Waals surface area contributed by atoms with Crippen LogP contribution in [-0.4, -0.2) is 28.5 Å². The monoisotopic (exact) mass is 330 g/mol. The number of aromatic nitrogens is 2. The van der Waals surface area contributed by atoms with E-state index >= 15 is 0 Å². The molecular weight excluding hydrogens is 313 g/mol. The molecule has 1 aliphatic heterocycles. The van der Waals surface area contributed by atoms with Gasteiger partial charge in [-0.3, -0.25) is 0 Å². The third-order valence-corrected chi connectivity index (χ3v) is 1.98. The van der Waals surface area contributed by atoms with Gasteiger partial charge in [0.15, 0.2) is 0 Å². The second kappa shape index (κ2) is 8.39. The van der Waals surface area contributed by atoms with E-state index in [1.807, 2.05) is 6.92 Å². The standard InChI is InChI=1S/C8H10N3.C3H7.La/c1-11-3-2-7-4-9-6-10-8(7)5-11;1-3-2;/h6H,2-3,5H2,1H3;1,3H2,2H3;/q2*-1;. The molecule has 0 N–H and O–H groups in total. The Hall–Kier alpha value is 0.235. The van der Waals surface area contributed by atoms with Gasteiger partial charge < -0.3 is 21.8 Å². The van der Waals surface area contributed by atoms with Crippen LogP contribution in [0.5, 0.6) is 0 Å². The first-order chi connectivity index (χ1) is 6.77. The number of likely N-dealkylation sites (N-methyl/N-ethyl adjacent to an activating group) is 1. The molecule has 15 heavy (non-hydrogen) atoms. The Morgan fingerprint density at radius 1 is 1.60 bits per heavy atom. The largest absolute Gasteiger partial charge is 0.376 e. The van der Waals surface area contributed by atoms with Crippen LogP contribution in [0.4, 0.5) is 0 Å². The average Bonchev–Trinajstić information content (AvgIpc) is 2.19. The van der Waals surface area contributed by atoms with Crippen LogP contribution in [0.2, 0.25) is 0 Å². The molecular formula is C11H17LaN3-2. The van der Waals surface area contributed by atoms with Crippen LogP contribution in [-0.2, 0) is 13.0 Å². The van der Waals surface area contributed by atoms with Crippen LogP contribution in [0.15, 0.2) is 6.33 Å². The average molecular weight is 330 g/mol. The van der Waals surface area contributed by atoms with Gasteiger partial charge in [-0.15, -0.1) is 5.56 Å². The number of nitrogens with zero attached hydrogens (tertiary/aromatic N) is 3. The zero-order valence-electron chi connectivity index (χ0n) is 9.53. The molecule has 0 aliphatic carbocycles. The smallest absolute Gasteiger partial charge is 0 e. The summed E-state index contributed by atoms with van der Waals surface area (Å²) in [4.78, 5) is 10.3. The fourth-order valence-electron chi connectivity index (χ4n) is 1.32. The minimum Gasteiger partial charge on any atom is -0.376 e. The molecule has 3 nitrogen and oxygen atoms in total. The molecule has 1 aromatic heterocycles. The molecule has 0 unspecified atom stereocenters. The molecule has 4 heteroatoms. The van der Waals surface area contributed by atoms with Gasteiger partial charge in [-0.2, -0.15) is 6.42 Å². The molecule has 0 saturated heterocycles. The van der Waals surface area contributed by atoms with Crippen molar-refractivity contribution in [1.82, 2.24) is 14.9 Å². The van der Waals surface area contributed by atoms with Crippen LogP contribution >= 0.6 is 0 Å². The second-order valence-electron chi connectivity index (χ2n) is 3.40. The number of fused-ring (bicyclic) bond motifs is 1. The van der Waals surface area contributed by atoms with Crippen molar-refractivity contribution in [3.05, 3.63) is 30.7 Å². The van der Waals surface area contributed by atoms with E-state index in [2.05, 4.69) is 35.0 Å². The van der Waals surface area contributed by atoms with Gasteiger partial charge in [-0.05, 0) is 32.9 Å². The zero-order chi connectivity index (χ0) is 10.4. The zero-order valence-corrected chi connectivity index (χ0v) is 13.2. The first-order valence-corrected chi connectivity index (χ1v) is 4.96. The first-order valence-electron chi connectivity index (χ1n) is 4.96. The maximum atomic E-state index is 4.19. The summed E-state index contributed by atoms with van der Waals surface area (Å²) in [5, 5.41) is 0. The van der Waals surface area contributed by atoms with Crippen LogP contribution in [0.3, 0.4) is 0 Å². The van der Waals surface area contributed by atoms with Crippen molar-refractivity contribution in [2.45, 2.75) is 26.3 Å². The van der Waals surface area contributed by atoms with Gasteiger partial charge in [0.25, 0.3) is 0 Å². The molecule has 81 valence electrons. The molecule has 2 rings (SSSR count). The van der Waals surface area contributed by atoms with Crippen LogP contribution in [0.1, 0.15) is 24.6 Å². The van der Waals surface area contributed by atoms with Gasteiger partial charge in [-0.1, -0.05) is 18.8 Å². The molecule has 1 aromatic rings. The Morgan fingerprint density at radius 3 is 2.93 bits per heavy atom. The molecule has 0 spiro atoms. The van der Waals surface area contributed by atoms with E-state index in [1.54, 1.807) is 6.33 Å². The molecule has 1 aliphatic rings. The second-order valence-corrected chi connectivity index (χ2v) is 3.40. The quantitative estimate of drug-likeness (QED) is 0.675. The summed E-state index contributed by atoms with van der Waals surface area (Å²) in [5.41, 5.74) is 2.32. The predicted octanol–water partition coefficient (Wildman–Crippen LogP) is 1.50. The Balaban J connectivity index is 0.000000443. The topological polar surface area (TPSA) is 29.0 Å². The minimum absolute atomic E-state index is 0. The number of hydrogen-bond acceptors (Lipinski definition) is 3. The molecule has 0 bridgehead atoms. The summed E-state index contributed by atoms with van der Waals surface area (Å²) in [7, 11) is 2.10. The van der Waals surface area contributed by atoms with Crippen molar-refractivity contribution in [2.24, 2.45) is 0 Å². The fourth-order valence-corrected chi connectivity index (χ4v) is 1.32. The Morgan fingerprint density at radius 2 is 2.27 bits per heavy atom. The fraction of sp³-hybridized carbons (Fsp3) is 0.545. The Labute approximate surface area is 120 Å². The van der Waals surface area contributed by atoms with Crippen molar-refractivity contribution in [2.75, 3.05) is 13.6 Å².